The van der Waals surface area contributed by atoms with Crippen molar-refractivity contribution in [2.75, 3.05) is 21.3 Å². The van der Waals surface area contributed by atoms with E-state index in [0.717, 1.165) is 24.9 Å². The van der Waals surface area contributed by atoms with Crippen molar-refractivity contribution in [3.8, 4) is 17.2 Å². The van der Waals surface area contributed by atoms with E-state index in [4.69, 9.17) is 14.2 Å². The summed E-state index contributed by atoms with van der Waals surface area (Å²) in [6, 6.07) is 10.8. The molecule has 0 saturated heterocycles. The Bertz CT molecular complexity index is 708. The molecule has 0 heterocycles. The number of rotatable bonds is 6. The van der Waals surface area contributed by atoms with Crippen LogP contribution in [-0.2, 0) is 13.0 Å². The van der Waals surface area contributed by atoms with Crippen molar-refractivity contribution in [1.29, 1.82) is 0 Å². The standard InChI is InChI=1S/C19H22BrNO3/c1-22-17-9-12(10-18(23-2)19(17)24-3)11-21-16-8-7-13-14(16)5-4-6-15(13)20/h4-6,9-10,16,21H,7-8,11H2,1-3H3. The summed E-state index contributed by atoms with van der Waals surface area (Å²) < 4.78 is 17.4. The van der Waals surface area contributed by atoms with Crippen molar-refractivity contribution >= 4 is 15.9 Å². The van der Waals surface area contributed by atoms with E-state index in [-0.39, 0.29) is 0 Å². The SMILES string of the molecule is COc1cc(CNC2CCc3c(Br)cccc32)cc(OC)c1OC. The average molecular weight is 392 g/mol. The predicted octanol–water partition coefficient (Wildman–Crippen LogP) is 4.25. The van der Waals surface area contributed by atoms with Crippen LogP contribution in [0.25, 0.3) is 0 Å². The molecule has 3 rings (SSSR count). The van der Waals surface area contributed by atoms with Gasteiger partial charge in [0.25, 0.3) is 0 Å². The highest BCUT2D eigenvalue weighted by Crippen LogP contribution is 2.39. The van der Waals surface area contributed by atoms with Gasteiger partial charge in [0.15, 0.2) is 11.5 Å². The van der Waals surface area contributed by atoms with Crippen molar-refractivity contribution in [3.05, 3.63) is 51.5 Å². The smallest absolute Gasteiger partial charge is 0.203 e. The molecule has 1 N–H and O–H groups in total. The lowest BCUT2D eigenvalue weighted by molar-refractivity contribution is 0.323. The van der Waals surface area contributed by atoms with Gasteiger partial charge in [-0.15, -0.1) is 0 Å². The second-order valence-corrected chi connectivity index (χ2v) is 6.67. The number of hydrogen-bond donors (Lipinski definition) is 1. The fourth-order valence-corrected chi connectivity index (χ4v) is 3.88. The first-order chi connectivity index (χ1) is 11.7. The first kappa shape index (κ1) is 17.1. The zero-order valence-electron chi connectivity index (χ0n) is 14.2. The second kappa shape index (κ2) is 7.45. The second-order valence-electron chi connectivity index (χ2n) is 5.81. The summed E-state index contributed by atoms with van der Waals surface area (Å²) in [5.41, 5.74) is 3.91. The number of nitrogens with one attached hydrogen (secondary N) is 1. The van der Waals surface area contributed by atoms with Crippen LogP contribution in [-0.4, -0.2) is 21.3 Å². The lowest BCUT2D eigenvalue weighted by atomic mass is 10.1. The average Bonchev–Trinajstić information content (AvgIpc) is 3.03. The molecule has 1 aliphatic rings. The van der Waals surface area contributed by atoms with E-state index in [9.17, 15) is 0 Å². The monoisotopic (exact) mass is 391 g/mol. The van der Waals surface area contributed by atoms with Crippen LogP contribution in [0.2, 0.25) is 0 Å². The third kappa shape index (κ3) is 3.23. The van der Waals surface area contributed by atoms with Crippen LogP contribution in [0.5, 0.6) is 17.2 Å². The highest BCUT2D eigenvalue weighted by atomic mass is 79.9. The molecule has 0 saturated carbocycles. The van der Waals surface area contributed by atoms with E-state index in [1.807, 2.05) is 12.1 Å². The molecule has 0 radical (unpaired) electrons. The molecule has 1 atom stereocenters. The normalized spacial score (nSPS) is 15.9. The van der Waals surface area contributed by atoms with Gasteiger partial charge < -0.3 is 19.5 Å². The molecule has 4 nitrogen and oxygen atoms in total. The maximum Gasteiger partial charge on any atom is 0.203 e. The van der Waals surface area contributed by atoms with Crippen LogP contribution in [0.1, 0.15) is 29.2 Å². The maximum atomic E-state index is 5.42. The van der Waals surface area contributed by atoms with Gasteiger partial charge in [-0.05, 0) is 47.7 Å². The minimum atomic E-state index is 0.372. The number of methoxy groups -OCH3 is 3. The third-order valence-corrected chi connectivity index (χ3v) is 5.23. The van der Waals surface area contributed by atoms with Gasteiger partial charge in [-0.25, -0.2) is 0 Å². The zero-order chi connectivity index (χ0) is 17.1. The quantitative estimate of drug-likeness (QED) is 0.798. The van der Waals surface area contributed by atoms with Gasteiger partial charge in [0.2, 0.25) is 5.75 Å². The summed E-state index contributed by atoms with van der Waals surface area (Å²) in [7, 11) is 4.89. The topological polar surface area (TPSA) is 39.7 Å². The number of benzene rings is 2. The zero-order valence-corrected chi connectivity index (χ0v) is 15.8. The summed E-state index contributed by atoms with van der Waals surface area (Å²) in [5.74, 6) is 1.99. The van der Waals surface area contributed by atoms with Crippen LogP contribution in [0.4, 0.5) is 0 Å². The van der Waals surface area contributed by atoms with E-state index in [1.165, 1.54) is 15.6 Å². The van der Waals surface area contributed by atoms with E-state index < -0.39 is 0 Å². The molecular formula is C19H22BrNO3. The molecule has 2 aromatic rings. The van der Waals surface area contributed by atoms with Crippen molar-refractivity contribution in [2.24, 2.45) is 0 Å². The van der Waals surface area contributed by atoms with E-state index in [1.54, 1.807) is 21.3 Å². The van der Waals surface area contributed by atoms with Crippen molar-refractivity contribution in [2.45, 2.75) is 25.4 Å². The summed E-state index contributed by atoms with van der Waals surface area (Å²) in [6.45, 7) is 0.743. The molecule has 5 heteroatoms. The minimum absolute atomic E-state index is 0.372. The van der Waals surface area contributed by atoms with Crippen molar-refractivity contribution < 1.29 is 14.2 Å². The molecule has 24 heavy (non-hydrogen) atoms. The first-order valence-electron chi connectivity index (χ1n) is 7.97. The summed E-state index contributed by atoms with van der Waals surface area (Å²) in [5, 5.41) is 3.65. The molecule has 0 fully saturated rings. The Labute approximate surface area is 151 Å². The van der Waals surface area contributed by atoms with E-state index >= 15 is 0 Å². The highest BCUT2D eigenvalue weighted by molar-refractivity contribution is 9.10. The Morgan fingerprint density at radius 1 is 1.08 bits per heavy atom. The van der Waals surface area contributed by atoms with Gasteiger partial charge in [-0.1, -0.05) is 28.1 Å². The molecule has 0 amide bonds. The predicted molar refractivity (Wildman–Crippen MR) is 98.1 cm³/mol. The number of hydrogen-bond acceptors (Lipinski definition) is 4. The van der Waals surface area contributed by atoms with Crippen LogP contribution in [0.3, 0.4) is 0 Å². The molecule has 128 valence electrons. The third-order valence-electron chi connectivity index (χ3n) is 4.49. The van der Waals surface area contributed by atoms with Crippen LogP contribution in [0, 0.1) is 0 Å². The van der Waals surface area contributed by atoms with Gasteiger partial charge in [-0.2, -0.15) is 0 Å². The van der Waals surface area contributed by atoms with Gasteiger partial charge in [-0.3, -0.25) is 0 Å². The lowest BCUT2D eigenvalue weighted by Gasteiger charge is -2.17. The molecule has 1 aliphatic carbocycles. The van der Waals surface area contributed by atoms with E-state index in [2.05, 4.69) is 39.4 Å². The molecule has 0 aliphatic heterocycles. The van der Waals surface area contributed by atoms with Gasteiger partial charge in [0, 0.05) is 17.1 Å². The number of fused-ring (bicyclic) bond motifs is 1. The van der Waals surface area contributed by atoms with Crippen molar-refractivity contribution in [1.82, 2.24) is 5.32 Å². The van der Waals surface area contributed by atoms with Crippen LogP contribution >= 0.6 is 15.9 Å². The number of halogens is 1. The van der Waals surface area contributed by atoms with Crippen LogP contribution < -0.4 is 19.5 Å². The van der Waals surface area contributed by atoms with E-state index in [0.29, 0.717) is 23.3 Å². The molecule has 0 aromatic heterocycles. The lowest BCUT2D eigenvalue weighted by Crippen LogP contribution is -2.18. The Kier molecular flexibility index (Phi) is 5.31. The fourth-order valence-electron chi connectivity index (χ4n) is 3.30. The first-order valence-corrected chi connectivity index (χ1v) is 8.76. The fraction of sp³-hybridized carbons (Fsp3) is 0.368. The van der Waals surface area contributed by atoms with Gasteiger partial charge in [0.05, 0.1) is 21.3 Å². The Morgan fingerprint density at radius 2 is 1.79 bits per heavy atom. The molecular weight excluding hydrogens is 370 g/mol. The van der Waals surface area contributed by atoms with Gasteiger partial charge in [0.1, 0.15) is 0 Å². The number of ether oxygens (including phenoxy) is 3. The highest BCUT2D eigenvalue weighted by Gasteiger charge is 2.23. The summed E-state index contributed by atoms with van der Waals surface area (Å²) in [4.78, 5) is 0. The Morgan fingerprint density at radius 3 is 2.42 bits per heavy atom. The summed E-state index contributed by atoms with van der Waals surface area (Å²) >= 11 is 3.65. The minimum Gasteiger partial charge on any atom is -0.493 e. The Balaban J connectivity index is 1.78. The summed E-state index contributed by atoms with van der Waals surface area (Å²) in [6.07, 6.45) is 2.21. The molecule has 0 spiro atoms. The van der Waals surface area contributed by atoms with Crippen LogP contribution in [0.15, 0.2) is 34.8 Å². The maximum absolute atomic E-state index is 5.42. The van der Waals surface area contributed by atoms with Gasteiger partial charge >= 0.3 is 0 Å². The molecule has 0 bridgehead atoms. The molecule has 2 aromatic carbocycles. The van der Waals surface area contributed by atoms with Crippen molar-refractivity contribution in [3.63, 3.8) is 0 Å². The largest absolute Gasteiger partial charge is 0.493 e. The Hall–Kier alpha value is -1.72. The molecule has 1 unspecified atom stereocenters.